The Labute approximate surface area is 135 Å². The van der Waals surface area contributed by atoms with Gasteiger partial charge in [0.25, 0.3) is 5.56 Å². The van der Waals surface area contributed by atoms with Crippen molar-refractivity contribution in [3.63, 3.8) is 0 Å². The van der Waals surface area contributed by atoms with Gasteiger partial charge >= 0.3 is 0 Å². The first-order valence-electron chi connectivity index (χ1n) is 8.78. The first-order chi connectivity index (χ1) is 11.2. The summed E-state index contributed by atoms with van der Waals surface area (Å²) in [5, 5.41) is 5.06. The summed E-state index contributed by atoms with van der Waals surface area (Å²) in [6.07, 6.45) is 9.70. The second-order valence-corrected chi connectivity index (χ2v) is 7.05. The third-order valence-electron chi connectivity index (χ3n) is 5.27. The molecular formula is C17H24N4O2. The zero-order chi connectivity index (χ0) is 15.8. The summed E-state index contributed by atoms with van der Waals surface area (Å²) in [6, 6.07) is 0.268. The predicted octanol–water partition coefficient (Wildman–Crippen LogP) is 2.59. The lowest BCUT2D eigenvalue weighted by molar-refractivity contribution is 0.00431. The molecule has 4 rings (SSSR count). The zero-order valence-corrected chi connectivity index (χ0v) is 13.6. The fraction of sp³-hybridized carbons (Fsp3) is 0.706. The first-order valence-corrected chi connectivity index (χ1v) is 8.78. The fourth-order valence-electron chi connectivity index (χ4n) is 4.03. The van der Waals surface area contributed by atoms with Crippen LogP contribution in [0.1, 0.15) is 57.3 Å². The van der Waals surface area contributed by atoms with Crippen LogP contribution in [0.3, 0.4) is 0 Å². The average Bonchev–Trinajstić information content (AvgIpc) is 3.17. The maximum atomic E-state index is 12.4. The third-order valence-corrected chi connectivity index (χ3v) is 5.27. The molecule has 0 bridgehead atoms. The van der Waals surface area contributed by atoms with Crippen LogP contribution in [0.5, 0.6) is 0 Å². The molecule has 124 valence electrons. The van der Waals surface area contributed by atoms with E-state index < -0.39 is 0 Å². The molecule has 0 unspecified atom stereocenters. The van der Waals surface area contributed by atoms with Crippen LogP contribution < -0.4 is 5.56 Å². The van der Waals surface area contributed by atoms with E-state index in [2.05, 4.69) is 17.0 Å². The van der Waals surface area contributed by atoms with E-state index in [0.29, 0.717) is 11.3 Å². The SMILES string of the molecule is C[C@@H]1C[C@H](n2ncc3c(=O)[nH]c(CC4CCCC4)nc32)CCO1. The highest BCUT2D eigenvalue weighted by atomic mass is 16.5. The Bertz CT molecular complexity index is 745. The number of ether oxygens (including phenoxy) is 1. The summed E-state index contributed by atoms with van der Waals surface area (Å²) in [6.45, 7) is 2.83. The van der Waals surface area contributed by atoms with Gasteiger partial charge in [-0.2, -0.15) is 5.10 Å². The summed E-state index contributed by atoms with van der Waals surface area (Å²) in [5.41, 5.74) is 0.676. The van der Waals surface area contributed by atoms with E-state index in [0.717, 1.165) is 37.3 Å². The number of aromatic amines is 1. The van der Waals surface area contributed by atoms with E-state index in [1.165, 1.54) is 25.7 Å². The van der Waals surface area contributed by atoms with Gasteiger partial charge in [-0.15, -0.1) is 0 Å². The van der Waals surface area contributed by atoms with E-state index >= 15 is 0 Å². The number of H-pyrrole nitrogens is 1. The Morgan fingerprint density at radius 2 is 2.17 bits per heavy atom. The zero-order valence-electron chi connectivity index (χ0n) is 13.6. The van der Waals surface area contributed by atoms with Crippen molar-refractivity contribution < 1.29 is 4.74 Å². The smallest absolute Gasteiger partial charge is 0.262 e. The average molecular weight is 316 g/mol. The summed E-state index contributed by atoms with van der Waals surface area (Å²) in [7, 11) is 0. The highest BCUT2D eigenvalue weighted by Crippen LogP contribution is 2.28. The Balaban J connectivity index is 1.68. The molecule has 6 heteroatoms. The van der Waals surface area contributed by atoms with Crippen molar-refractivity contribution in [2.24, 2.45) is 5.92 Å². The van der Waals surface area contributed by atoms with Crippen molar-refractivity contribution in [3.8, 4) is 0 Å². The molecule has 0 aromatic carbocycles. The van der Waals surface area contributed by atoms with Gasteiger partial charge in [-0.05, 0) is 25.7 Å². The quantitative estimate of drug-likeness (QED) is 0.944. The van der Waals surface area contributed by atoms with E-state index in [-0.39, 0.29) is 17.7 Å². The molecule has 3 heterocycles. The second kappa shape index (κ2) is 6.07. The molecule has 0 amide bonds. The molecule has 1 aliphatic carbocycles. The number of rotatable bonds is 3. The highest BCUT2D eigenvalue weighted by Gasteiger charge is 2.24. The van der Waals surface area contributed by atoms with Gasteiger partial charge in [0.1, 0.15) is 11.2 Å². The molecule has 0 radical (unpaired) electrons. The molecule has 1 saturated heterocycles. The number of nitrogens with one attached hydrogen (secondary N) is 1. The molecule has 0 spiro atoms. The Kier molecular flexibility index (Phi) is 3.93. The van der Waals surface area contributed by atoms with Crippen LogP contribution in [-0.2, 0) is 11.2 Å². The molecule has 2 atom stereocenters. The summed E-state index contributed by atoms with van der Waals surface area (Å²) in [5.74, 6) is 1.48. The molecule has 1 saturated carbocycles. The lowest BCUT2D eigenvalue weighted by atomic mass is 10.0. The van der Waals surface area contributed by atoms with Crippen molar-refractivity contribution in [1.82, 2.24) is 19.7 Å². The highest BCUT2D eigenvalue weighted by molar-refractivity contribution is 5.73. The summed E-state index contributed by atoms with van der Waals surface area (Å²) >= 11 is 0. The van der Waals surface area contributed by atoms with Gasteiger partial charge in [-0.1, -0.05) is 25.7 Å². The van der Waals surface area contributed by atoms with E-state index in [9.17, 15) is 4.79 Å². The largest absolute Gasteiger partial charge is 0.378 e. The third kappa shape index (κ3) is 2.92. The van der Waals surface area contributed by atoms with E-state index in [1.807, 2.05) is 4.68 Å². The molecule has 2 aliphatic rings. The molecule has 2 fully saturated rings. The van der Waals surface area contributed by atoms with Crippen LogP contribution >= 0.6 is 0 Å². The van der Waals surface area contributed by atoms with Gasteiger partial charge in [0.2, 0.25) is 0 Å². The van der Waals surface area contributed by atoms with Gasteiger partial charge in [0, 0.05) is 13.0 Å². The fourth-order valence-corrected chi connectivity index (χ4v) is 4.03. The normalized spacial score (nSPS) is 26.1. The van der Waals surface area contributed by atoms with Gasteiger partial charge in [0.05, 0.1) is 18.3 Å². The molecule has 23 heavy (non-hydrogen) atoms. The minimum Gasteiger partial charge on any atom is -0.378 e. The lowest BCUT2D eigenvalue weighted by Crippen LogP contribution is -2.26. The van der Waals surface area contributed by atoms with E-state index in [4.69, 9.17) is 9.72 Å². The van der Waals surface area contributed by atoms with Crippen molar-refractivity contribution >= 4 is 11.0 Å². The van der Waals surface area contributed by atoms with Gasteiger partial charge < -0.3 is 9.72 Å². The van der Waals surface area contributed by atoms with Crippen LogP contribution in [-0.4, -0.2) is 32.5 Å². The van der Waals surface area contributed by atoms with Gasteiger partial charge in [-0.3, -0.25) is 4.79 Å². The Morgan fingerprint density at radius 1 is 1.35 bits per heavy atom. The minimum absolute atomic E-state index is 0.0608. The first kappa shape index (κ1) is 14.9. The second-order valence-electron chi connectivity index (χ2n) is 7.05. The summed E-state index contributed by atoms with van der Waals surface area (Å²) < 4.78 is 7.57. The maximum absolute atomic E-state index is 12.4. The number of nitrogens with zero attached hydrogens (tertiary/aromatic N) is 3. The standard InChI is InChI=1S/C17H24N4O2/c1-11-8-13(6-7-23-11)21-16-14(10-18-21)17(22)20-15(19-16)9-12-4-2-3-5-12/h10-13H,2-9H2,1H3,(H,19,20,22)/t11-,13-/m1/s1. The number of aromatic nitrogens is 4. The van der Waals surface area contributed by atoms with Crippen molar-refractivity contribution in [3.05, 3.63) is 22.4 Å². The molecular weight excluding hydrogens is 292 g/mol. The molecule has 2 aromatic rings. The number of fused-ring (bicyclic) bond motifs is 1. The lowest BCUT2D eigenvalue weighted by Gasteiger charge is -2.27. The Hall–Kier alpha value is -1.69. The molecule has 1 aliphatic heterocycles. The van der Waals surface area contributed by atoms with Crippen molar-refractivity contribution in [2.75, 3.05) is 6.61 Å². The summed E-state index contributed by atoms with van der Waals surface area (Å²) in [4.78, 5) is 20.1. The van der Waals surface area contributed by atoms with Crippen LogP contribution in [0, 0.1) is 5.92 Å². The molecule has 2 aromatic heterocycles. The maximum Gasteiger partial charge on any atom is 0.262 e. The topological polar surface area (TPSA) is 72.8 Å². The van der Waals surface area contributed by atoms with Crippen LogP contribution in [0.25, 0.3) is 11.0 Å². The Morgan fingerprint density at radius 3 is 2.96 bits per heavy atom. The van der Waals surface area contributed by atoms with Crippen LogP contribution in [0.15, 0.2) is 11.0 Å². The van der Waals surface area contributed by atoms with Crippen LogP contribution in [0.4, 0.5) is 0 Å². The number of hydrogen-bond acceptors (Lipinski definition) is 4. The predicted molar refractivity (Wildman–Crippen MR) is 87.5 cm³/mol. The van der Waals surface area contributed by atoms with Crippen molar-refractivity contribution in [2.45, 2.75) is 64.0 Å². The minimum atomic E-state index is -0.0608. The monoisotopic (exact) mass is 316 g/mol. The number of hydrogen-bond donors (Lipinski definition) is 1. The van der Waals surface area contributed by atoms with Crippen molar-refractivity contribution in [1.29, 1.82) is 0 Å². The van der Waals surface area contributed by atoms with Gasteiger partial charge in [0.15, 0.2) is 5.65 Å². The van der Waals surface area contributed by atoms with Crippen LogP contribution in [0.2, 0.25) is 0 Å². The molecule has 1 N–H and O–H groups in total. The van der Waals surface area contributed by atoms with Gasteiger partial charge in [-0.25, -0.2) is 9.67 Å². The molecule has 6 nitrogen and oxygen atoms in total. The van der Waals surface area contributed by atoms with E-state index in [1.54, 1.807) is 6.20 Å².